The lowest BCUT2D eigenvalue weighted by Crippen LogP contribution is -2.18. The molecule has 0 saturated carbocycles. The fraction of sp³-hybridized carbons (Fsp3) is 0.556. The summed E-state index contributed by atoms with van der Waals surface area (Å²) in [5, 5.41) is 6.51. The molecule has 2 heterocycles. The maximum absolute atomic E-state index is 11.3. The molecule has 2 rings (SSSR count). The molecule has 5 heteroatoms. The number of amides is 1. The average Bonchev–Trinajstić information content (AvgIpc) is 2.49. The Kier molecular flexibility index (Phi) is 2.79. The van der Waals surface area contributed by atoms with E-state index in [2.05, 4.69) is 15.6 Å². The number of hydrogen-bond donors (Lipinski definition) is 2. The molecule has 0 spiro atoms. The summed E-state index contributed by atoms with van der Waals surface area (Å²) in [4.78, 5) is 16.9. The van der Waals surface area contributed by atoms with Crippen molar-refractivity contribution in [3.8, 4) is 0 Å². The van der Waals surface area contributed by atoms with Crippen molar-refractivity contribution in [3.05, 3.63) is 15.6 Å². The van der Waals surface area contributed by atoms with Gasteiger partial charge in [-0.15, -0.1) is 11.3 Å². The second-order valence-electron chi connectivity index (χ2n) is 3.22. The van der Waals surface area contributed by atoms with Crippen molar-refractivity contribution in [2.45, 2.75) is 12.8 Å². The van der Waals surface area contributed by atoms with Gasteiger partial charge in [-0.05, 0) is 6.42 Å². The van der Waals surface area contributed by atoms with Crippen molar-refractivity contribution < 1.29 is 4.79 Å². The van der Waals surface area contributed by atoms with Crippen LogP contribution in [0.25, 0.3) is 0 Å². The Balaban J connectivity index is 2.26. The van der Waals surface area contributed by atoms with Crippen LogP contribution in [0.4, 0.5) is 0 Å². The number of carbonyl (C=O) groups excluding carboxylic acids is 1. The third-order valence-corrected chi connectivity index (χ3v) is 3.42. The van der Waals surface area contributed by atoms with Crippen LogP contribution in [-0.2, 0) is 12.8 Å². The molecule has 76 valence electrons. The molecule has 14 heavy (non-hydrogen) atoms. The summed E-state index contributed by atoms with van der Waals surface area (Å²) in [7, 11) is 1.64. The predicted octanol–water partition coefficient (Wildman–Crippen LogP) is 0.191. The highest BCUT2D eigenvalue weighted by Gasteiger charge is 2.16. The lowest BCUT2D eigenvalue weighted by atomic mass is 10.2. The van der Waals surface area contributed by atoms with Gasteiger partial charge in [0.1, 0.15) is 0 Å². The van der Waals surface area contributed by atoms with Crippen molar-refractivity contribution in [1.29, 1.82) is 0 Å². The Hall–Kier alpha value is -0.940. The van der Waals surface area contributed by atoms with E-state index in [4.69, 9.17) is 0 Å². The van der Waals surface area contributed by atoms with E-state index in [-0.39, 0.29) is 5.91 Å². The first-order valence-corrected chi connectivity index (χ1v) is 5.54. The zero-order valence-corrected chi connectivity index (χ0v) is 8.91. The Bertz CT molecular complexity index is 324. The second kappa shape index (κ2) is 4.06. The van der Waals surface area contributed by atoms with E-state index < -0.39 is 0 Å². The minimum Gasteiger partial charge on any atom is -0.353 e. The molecule has 0 saturated heterocycles. The summed E-state index contributed by atoms with van der Waals surface area (Å²) in [5.74, 6) is -0.0731. The Labute approximate surface area is 86.7 Å². The summed E-state index contributed by atoms with van der Waals surface area (Å²) >= 11 is 1.52. The van der Waals surface area contributed by atoms with Gasteiger partial charge in [-0.3, -0.25) is 4.79 Å². The van der Waals surface area contributed by atoms with Gasteiger partial charge >= 0.3 is 0 Å². The maximum atomic E-state index is 11.3. The maximum Gasteiger partial charge on any atom is 0.280 e. The fourth-order valence-electron chi connectivity index (χ4n) is 1.51. The molecular weight excluding hydrogens is 198 g/mol. The number of thiazole rings is 1. The average molecular weight is 211 g/mol. The summed E-state index contributed by atoms with van der Waals surface area (Å²) in [6.45, 7) is 1.95. The molecule has 2 N–H and O–H groups in total. The van der Waals surface area contributed by atoms with Crippen LogP contribution in [0, 0.1) is 0 Å². The molecular formula is C9H13N3OS. The SMILES string of the molecule is CNC(=O)c1nc2c(s1)CCNCC2. The van der Waals surface area contributed by atoms with Crippen LogP contribution < -0.4 is 10.6 Å². The summed E-state index contributed by atoms with van der Waals surface area (Å²) < 4.78 is 0. The summed E-state index contributed by atoms with van der Waals surface area (Å²) in [5.41, 5.74) is 1.10. The second-order valence-corrected chi connectivity index (χ2v) is 4.30. The first-order valence-electron chi connectivity index (χ1n) is 4.72. The van der Waals surface area contributed by atoms with E-state index in [1.807, 2.05) is 0 Å². The molecule has 0 atom stereocenters. The zero-order valence-electron chi connectivity index (χ0n) is 8.09. The Morgan fingerprint density at radius 1 is 1.50 bits per heavy atom. The molecule has 0 aliphatic carbocycles. The van der Waals surface area contributed by atoms with E-state index in [0.717, 1.165) is 31.6 Å². The fourth-order valence-corrected chi connectivity index (χ4v) is 2.57. The van der Waals surface area contributed by atoms with Crippen molar-refractivity contribution in [1.82, 2.24) is 15.6 Å². The predicted molar refractivity (Wildman–Crippen MR) is 55.8 cm³/mol. The molecule has 0 radical (unpaired) electrons. The number of fused-ring (bicyclic) bond motifs is 1. The van der Waals surface area contributed by atoms with Crippen LogP contribution >= 0.6 is 11.3 Å². The first-order chi connectivity index (χ1) is 6.81. The number of rotatable bonds is 1. The monoisotopic (exact) mass is 211 g/mol. The third-order valence-electron chi connectivity index (χ3n) is 2.27. The van der Waals surface area contributed by atoms with Crippen LogP contribution in [0.5, 0.6) is 0 Å². The van der Waals surface area contributed by atoms with Gasteiger partial charge < -0.3 is 10.6 Å². The molecule has 0 bridgehead atoms. The molecule has 1 amide bonds. The molecule has 4 nitrogen and oxygen atoms in total. The lowest BCUT2D eigenvalue weighted by Gasteiger charge is -1.95. The highest BCUT2D eigenvalue weighted by atomic mass is 32.1. The molecule has 1 aromatic rings. The molecule has 1 aliphatic heterocycles. The smallest absolute Gasteiger partial charge is 0.280 e. The summed E-state index contributed by atoms with van der Waals surface area (Å²) in [6.07, 6.45) is 1.92. The van der Waals surface area contributed by atoms with Crippen molar-refractivity contribution in [2.24, 2.45) is 0 Å². The van der Waals surface area contributed by atoms with Crippen molar-refractivity contribution >= 4 is 17.2 Å². The van der Waals surface area contributed by atoms with Crippen LogP contribution in [0.3, 0.4) is 0 Å². The zero-order chi connectivity index (χ0) is 9.97. The van der Waals surface area contributed by atoms with Gasteiger partial charge in [-0.1, -0.05) is 0 Å². The van der Waals surface area contributed by atoms with Crippen LogP contribution in [0.15, 0.2) is 0 Å². The van der Waals surface area contributed by atoms with E-state index in [0.29, 0.717) is 5.01 Å². The number of nitrogens with one attached hydrogen (secondary N) is 2. The van der Waals surface area contributed by atoms with Gasteiger partial charge in [-0.25, -0.2) is 4.98 Å². The first kappa shape index (κ1) is 9.61. The minimum absolute atomic E-state index is 0.0731. The topological polar surface area (TPSA) is 54.0 Å². The molecule has 1 aromatic heterocycles. The van der Waals surface area contributed by atoms with Crippen LogP contribution in [0.2, 0.25) is 0 Å². The van der Waals surface area contributed by atoms with E-state index in [1.54, 1.807) is 7.05 Å². The van der Waals surface area contributed by atoms with Crippen LogP contribution in [0.1, 0.15) is 20.4 Å². The molecule has 1 aliphatic rings. The summed E-state index contributed by atoms with van der Waals surface area (Å²) in [6, 6.07) is 0. The largest absolute Gasteiger partial charge is 0.353 e. The van der Waals surface area contributed by atoms with Crippen molar-refractivity contribution in [3.63, 3.8) is 0 Å². The van der Waals surface area contributed by atoms with E-state index in [1.165, 1.54) is 16.2 Å². The van der Waals surface area contributed by atoms with Crippen LogP contribution in [-0.4, -0.2) is 31.0 Å². The number of aromatic nitrogens is 1. The number of carbonyl (C=O) groups is 1. The highest BCUT2D eigenvalue weighted by Crippen LogP contribution is 2.20. The molecule has 0 fully saturated rings. The Morgan fingerprint density at radius 3 is 3.07 bits per heavy atom. The molecule has 0 unspecified atom stereocenters. The number of hydrogen-bond acceptors (Lipinski definition) is 4. The Morgan fingerprint density at radius 2 is 2.29 bits per heavy atom. The minimum atomic E-state index is -0.0731. The van der Waals surface area contributed by atoms with Crippen molar-refractivity contribution in [2.75, 3.05) is 20.1 Å². The van der Waals surface area contributed by atoms with Gasteiger partial charge in [0.25, 0.3) is 5.91 Å². The quantitative estimate of drug-likeness (QED) is 0.697. The highest BCUT2D eigenvalue weighted by molar-refractivity contribution is 7.13. The van der Waals surface area contributed by atoms with Gasteiger partial charge in [-0.2, -0.15) is 0 Å². The standard InChI is InChI=1S/C9H13N3OS/c1-10-8(13)9-12-6-2-4-11-5-3-7(6)14-9/h11H,2-5H2,1H3,(H,10,13). The molecule has 0 aromatic carbocycles. The van der Waals surface area contributed by atoms with Gasteiger partial charge in [0.2, 0.25) is 0 Å². The van der Waals surface area contributed by atoms with Gasteiger partial charge in [0.05, 0.1) is 5.69 Å². The van der Waals surface area contributed by atoms with E-state index in [9.17, 15) is 4.79 Å². The lowest BCUT2D eigenvalue weighted by molar-refractivity contribution is 0.0962. The van der Waals surface area contributed by atoms with Gasteiger partial charge in [0, 0.05) is 31.4 Å². The van der Waals surface area contributed by atoms with E-state index >= 15 is 0 Å². The third kappa shape index (κ3) is 1.78. The number of nitrogens with zero attached hydrogens (tertiary/aromatic N) is 1. The van der Waals surface area contributed by atoms with Gasteiger partial charge in [0.15, 0.2) is 5.01 Å². The normalized spacial score (nSPS) is 15.8.